The minimum Gasteiger partial charge on any atom is -0.352 e. The summed E-state index contributed by atoms with van der Waals surface area (Å²) in [5.41, 5.74) is 0.982. The van der Waals surface area contributed by atoms with E-state index in [-0.39, 0.29) is 36.3 Å². The van der Waals surface area contributed by atoms with Gasteiger partial charge in [-0.25, -0.2) is 8.78 Å². The molecule has 0 unspecified atom stereocenters. The molecule has 0 radical (unpaired) electrons. The Morgan fingerprint density at radius 1 is 0.900 bits per heavy atom. The van der Waals surface area contributed by atoms with E-state index in [1.165, 1.54) is 0 Å². The number of carbonyl (C=O) groups is 3. The fourth-order valence-corrected chi connectivity index (χ4v) is 2.66. The number of carbonyl (C=O) groups excluding carboxylic acids is 3. The summed E-state index contributed by atoms with van der Waals surface area (Å²) in [7, 11) is 0. The van der Waals surface area contributed by atoms with Gasteiger partial charge in [0.15, 0.2) is 0 Å². The van der Waals surface area contributed by atoms with Crippen molar-refractivity contribution in [3.8, 4) is 0 Å². The van der Waals surface area contributed by atoms with Crippen LogP contribution in [0, 0.1) is 17.6 Å². The maximum Gasteiger partial charge on any atom is 0.254 e. The van der Waals surface area contributed by atoms with Crippen molar-refractivity contribution < 1.29 is 23.2 Å². The SMILES string of the molecule is CC(C)CC(=O)Nc1ccc(NC(=O)CCCNC(=O)c2ccc(F)cc2F)cc1. The van der Waals surface area contributed by atoms with E-state index in [0.29, 0.717) is 30.3 Å². The number of amides is 3. The Balaban J connectivity index is 1.71. The molecule has 2 aromatic rings. The number of rotatable bonds is 9. The smallest absolute Gasteiger partial charge is 0.254 e. The average Bonchev–Trinajstić information content (AvgIpc) is 2.66. The van der Waals surface area contributed by atoms with Gasteiger partial charge in [0.25, 0.3) is 5.91 Å². The molecule has 3 amide bonds. The zero-order valence-corrected chi connectivity index (χ0v) is 16.9. The van der Waals surface area contributed by atoms with Gasteiger partial charge in [0.2, 0.25) is 11.8 Å². The molecular formula is C22H25F2N3O3. The highest BCUT2D eigenvalue weighted by Crippen LogP contribution is 2.15. The summed E-state index contributed by atoms with van der Waals surface area (Å²) in [5.74, 6) is -2.40. The quantitative estimate of drug-likeness (QED) is 0.537. The molecule has 0 bridgehead atoms. The topological polar surface area (TPSA) is 87.3 Å². The molecular weight excluding hydrogens is 392 g/mol. The molecule has 0 fully saturated rings. The average molecular weight is 417 g/mol. The Morgan fingerprint density at radius 3 is 2.07 bits per heavy atom. The summed E-state index contributed by atoms with van der Waals surface area (Å²) in [5, 5.41) is 8.01. The van der Waals surface area contributed by atoms with Gasteiger partial charge in [0.05, 0.1) is 5.56 Å². The van der Waals surface area contributed by atoms with Crippen LogP contribution in [-0.4, -0.2) is 24.3 Å². The second-order valence-corrected chi connectivity index (χ2v) is 7.26. The second-order valence-electron chi connectivity index (χ2n) is 7.26. The van der Waals surface area contributed by atoms with E-state index in [1.54, 1.807) is 24.3 Å². The first-order chi connectivity index (χ1) is 14.2. The van der Waals surface area contributed by atoms with Crippen LogP contribution in [-0.2, 0) is 9.59 Å². The van der Waals surface area contributed by atoms with Gasteiger partial charge >= 0.3 is 0 Å². The first kappa shape index (κ1) is 23.0. The highest BCUT2D eigenvalue weighted by molar-refractivity contribution is 5.95. The largest absolute Gasteiger partial charge is 0.352 e. The normalized spacial score (nSPS) is 10.6. The molecule has 0 saturated heterocycles. The lowest BCUT2D eigenvalue weighted by Gasteiger charge is -2.09. The summed E-state index contributed by atoms with van der Waals surface area (Å²) in [4.78, 5) is 35.6. The maximum atomic E-state index is 13.5. The molecule has 0 aromatic heterocycles. The van der Waals surface area contributed by atoms with Crippen LogP contribution < -0.4 is 16.0 Å². The van der Waals surface area contributed by atoms with Crippen LogP contribution in [0.2, 0.25) is 0 Å². The fraction of sp³-hybridized carbons (Fsp3) is 0.318. The van der Waals surface area contributed by atoms with Crippen LogP contribution in [0.4, 0.5) is 20.2 Å². The first-order valence-electron chi connectivity index (χ1n) is 9.67. The highest BCUT2D eigenvalue weighted by atomic mass is 19.1. The molecule has 6 nitrogen and oxygen atoms in total. The van der Waals surface area contributed by atoms with Gasteiger partial charge in [0, 0.05) is 36.8 Å². The van der Waals surface area contributed by atoms with Gasteiger partial charge in [-0.05, 0) is 48.7 Å². The Labute approximate surface area is 174 Å². The van der Waals surface area contributed by atoms with E-state index < -0.39 is 17.5 Å². The van der Waals surface area contributed by atoms with Crippen molar-refractivity contribution in [3.63, 3.8) is 0 Å². The standard InChI is InChI=1S/C22H25F2N3O3/c1-14(2)12-21(29)27-17-8-6-16(7-9-17)26-20(28)4-3-11-25-22(30)18-10-5-15(23)13-19(18)24/h5-10,13-14H,3-4,11-12H2,1-2H3,(H,25,30)(H,26,28)(H,27,29). The number of benzene rings is 2. The molecule has 0 heterocycles. The lowest BCUT2D eigenvalue weighted by Crippen LogP contribution is -2.26. The number of nitrogens with one attached hydrogen (secondary N) is 3. The summed E-state index contributed by atoms with van der Waals surface area (Å²) < 4.78 is 26.4. The van der Waals surface area contributed by atoms with Gasteiger partial charge in [-0.3, -0.25) is 14.4 Å². The van der Waals surface area contributed by atoms with Crippen molar-refractivity contribution in [2.24, 2.45) is 5.92 Å². The molecule has 0 aliphatic heterocycles. The highest BCUT2D eigenvalue weighted by Gasteiger charge is 2.12. The third-order valence-corrected chi connectivity index (χ3v) is 4.09. The summed E-state index contributed by atoms with van der Waals surface area (Å²) >= 11 is 0. The number of hydrogen-bond donors (Lipinski definition) is 3. The van der Waals surface area contributed by atoms with E-state index in [1.807, 2.05) is 13.8 Å². The predicted octanol–water partition coefficient (Wildman–Crippen LogP) is 4.10. The van der Waals surface area contributed by atoms with Crippen molar-refractivity contribution in [1.29, 1.82) is 0 Å². The van der Waals surface area contributed by atoms with Crippen molar-refractivity contribution >= 4 is 29.1 Å². The minimum absolute atomic E-state index is 0.0654. The number of halogens is 2. The molecule has 2 aromatic carbocycles. The molecule has 0 spiro atoms. The van der Waals surface area contributed by atoms with Crippen molar-refractivity contribution in [2.45, 2.75) is 33.1 Å². The Bertz CT molecular complexity index is 899. The fourth-order valence-electron chi connectivity index (χ4n) is 2.66. The van der Waals surface area contributed by atoms with E-state index >= 15 is 0 Å². The van der Waals surface area contributed by atoms with E-state index in [2.05, 4.69) is 16.0 Å². The van der Waals surface area contributed by atoms with Gasteiger partial charge < -0.3 is 16.0 Å². The molecule has 30 heavy (non-hydrogen) atoms. The first-order valence-corrected chi connectivity index (χ1v) is 9.67. The monoisotopic (exact) mass is 417 g/mol. The molecule has 0 atom stereocenters. The summed E-state index contributed by atoms with van der Waals surface area (Å²) in [6.07, 6.45) is 0.936. The van der Waals surface area contributed by atoms with Crippen LogP contribution in [0.1, 0.15) is 43.5 Å². The zero-order chi connectivity index (χ0) is 22.1. The molecule has 2 rings (SSSR count). The van der Waals surface area contributed by atoms with Crippen LogP contribution in [0.3, 0.4) is 0 Å². The van der Waals surface area contributed by atoms with Crippen LogP contribution in [0.25, 0.3) is 0 Å². The van der Waals surface area contributed by atoms with Crippen molar-refractivity contribution in [1.82, 2.24) is 5.32 Å². The summed E-state index contributed by atoms with van der Waals surface area (Å²) in [6.45, 7) is 4.10. The van der Waals surface area contributed by atoms with E-state index in [0.717, 1.165) is 12.1 Å². The third-order valence-electron chi connectivity index (χ3n) is 4.09. The number of hydrogen-bond acceptors (Lipinski definition) is 3. The Hall–Kier alpha value is -3.29. The van der Waals surface area contributed by atoms with Gasteiger partial charge in [-0.1, -0.05) is 13.8 Å². The van der Waals surface area contributed by atoms with Gasteiger partial charge in [-0.2, -0.15) is 0 Å². The van der Waals surface area contributed by atoms with Crippen LogP contribution in [0.5, 0.6) is 0 Å². The van der Waals surface area contributed by atoms with Crippen LogP contribution in [0.15, 0.2) is 42.5 Å². The molecule has 3 N–H and O–H groups in total. The lowest BCUT2D eigenvalue weighted by molar-refractivity contribution is -0.117. The Morgan fingerprint density at radius 2 is 1.50 bits per heavy atom. The molecule has 0 saturated carbocycles. The molecule has 0 aliphatic carbocycles. The van der Waals surface area contributed by atoms with Gasteiger partial charge in [0.1, 0.15) is 11.6 Å². The summed E-state index contributed by atoms with van der Waals surface area (Å²) in [6, 6.07) is 9.48. The maximum absolute atomic E-state index is 13.5. The lowest BCUT2D eigenvalue weighted by atomic mass is 10.1. The minimum atomic E-state index is -0.936. The zero-order valence-electron chi connectivity index (χ0n) is 16.9. The third kappa shape index (κ3) is 7.62. The Kier molecular flexibility index (Phi) is 8.46. The molecule has 8 heteroatoms. The molecule has 0 aliphatic rings. The van der Waals surface area contributed by atoms with Crippen LogP contribution >= 0.6 is 0 Å². The second kappa shape index (κ2) is 11.0. The van der Waals surface area contributed by atoms with Crippen molar-refractivity contribution in [3.05, 3.63) is 59.7 Å². The van der Waals surface area contributed by atoms with E-state index in [9.17, 15) is 23.2 Å². The van der Waals surface area contributed by atoms with E-state index in [4.69, 9.17) is 0 Å². The predicted molar refractivity (Wildman–Crippen MR) is 111 cm³/mol. The van der Waals surface area contributed by atoms with Gasteiger partial charge in [-0.15, -0.1) is 0 Å². The number of anilines is 2. The van der Waals surface area contributed by atoms with Crippen molar-refractivity contribution in [2.75, 3.05) is 17.2 Å². The molecule has 160 valence electrons.